The normalized spacial score (nSPS) is 12.5. The van der Waals surface area contributed by atoms with E-state index in [-0.39, 0.29) is 35.8 Å². The summed E-state index contributed by atoms with van der Waals surface area (Å²) < 4.78 is 0. The number of nitrogens with one attached hydrogen (secondary N) is 3. The first-order valence-corrected chi connectivity index (χ1v) is 8.68. The molecule has 12 heteroatoms. The maximum Gasteiger partial charge on any atom is 0.326 e. The number of aromatic hydroxyl groups is 2. The van der Waals surface area contributed by atoms with Crippen LogP contribution in [-0.2, 0) is 19.2 Å². The Hall–Kier alpha value is -3.15. The summed E-state index contributed by atoms with van der Waals surface area (Å²) >= 11 is 3.92. The molecule has 2 atom stereocenters. The van der Waals surface area contributed by atoms with Crippen LogP contribution < -0.4 is 16.0 Å². The molecule has 154 valence electrons. The number of benzene rings is 1. The van der Waals surface area contributed by atoms with Crippen molar-refractivity contribution in [1.82, 2.24) is 10.6 Å². The van der Waals surface area contributed by atoms with Crippen molar-refractivity contribution in [3.8, 4) is 11.5 Å². The average molecular weight is 415 g/mol. The highest BCUT2D eigenvalue weighted by atomic mass is 32.1. The fraction of sp³-hybridized carbons (Fsp3) is 0.375. The third kappa shape index (κ3) is 7.61. The minimum Gasteiger partial charge on any atom is -0.508 e. The van der Waals surface area contributed by atoms with Gasteiger partial charge in [0.15, 0.2) is 0 Å². The van der Waals surface area contributed by atoms with Crippen LogP contribution in [0.25, 0.3) is 0 Å². The minimum atomic E-state index is -1.29. The van der Waals surface area contributed by atoms with Crippen LogP contribution in [0.2, 0.25) is 0 Å². The fourth-order valence-electron chi connectivity index (χ4n) is 2.11. The molecule has 0 spiro atoms. The molecule has 0 bridgehead atoms. The molecule has 0 saturated carbocycles. The molecule has 0 aromatic heterocycles. The minimum absolute atomic E-state index is 0.0194. The Labute approximate surface area is 165 Å². The van der Waals surface area contributed by atoms with Crippen LogP contribution in [0.4, 0.5) is 5.69 Å². The van der Waals surface area contributed by atoms with Gasteiger partial charge in [0.2, 0.25) is 11.8 Å². The Morgan fingerprint density at radius 2 is 1.75 bits per heavy atom. The monoisotopic (exact) mass is 415 g/mol. The molecule has 0 unspecified atom stereocenters. The van der Waals surface area contributed by atoms with Crippen LogP contribution in [0, 0.1) is 0 Å². The van der Waals surface area contributed by atoms with Crippen molar-refractivity contribution in [1.29, 1.82) is 0 Å². The molecular weight excluding hydrogens is 394 g/mol. The van der Waals surface area contributed by atoms with Crippen LogP contribution in [0.1, 0.15) is 12.8 Å². The quantitative estimate of drug-likeness (QED) is 0.132. The topological polar surface area (TPSA) is 185 Å². The van der Waals surface area contributed by atoms with Gasteiger partial charge in [-0.05, 0) is 18.6 Å². The number of phenolic OH excluding ortho intramolecular Hbond substituents is 2. The van der Waals surface area contributed by atoms with E-state index in [2.05, 4.69) is 28.6 Å². The number of aliphatic carboxylic acids is 2. The van der Waals surface area contributed by atoms with E-state index in [4.69, 9.17) is 5.11 Å². The number of hydrogen-bond acceptors (Lipinski definition) is 8. The van der Waals surface area contributed by atoms with Crippen LogP contribution in [0.5, 0.6) is 11.5 Å². The van der Waals surface area contributed by atoms with Crippen LogP contribution >= 0.6 is 12.6 Å². The molecule has 1 aromatic rings. The second kappa shape index (κ2) is 10.9. The lowest BCUT2D eigenvalue weighted by molar-refractivity contribution is -0.138. The first kappa shape index (κ1) is 22.9. The van der Waals surface area contributed by atoms with E-state index in [1.807, 2.05) is 0 Å². The molecule has 1 rings (SSSR count). The summed E-state index contributed by atoms with van der Waals surface area (Å²) in [4.78, 5) is 45.6. The predicted molar refractivity (Wildman–Crippen MR) is 100 cm³/mol. The maximum atomic E-state index is 12.0. The van der Waals surface area contributed by atoms with Gasteiger partial charge in [-0.3, -0.25) is 14.4 Å². The number of thiol groups is 1. The molecule has 0 saturated heterocycles. The lowest BCUT2D eigenvalue weighted by Crippen LogP contribution is -2.49. The molecule has 11 nitrogen and oxygen atoms in total. The number of carbonyl (C=O) groups is 4. The summed E-state index contributed by atoms with van der Waals surface area (Å²) in [5, 5.41) is 43.9. The molecule has 7 N–H and O–H groups in total. The van der Waals surface area contributed by atoms with Crippen molar-refractivity contribution < 1.29 is 39.6 Å². The average Bonchev–Trinajstić information content (AvgIpc) is 2.63. The smallest absolute Gasteiger partial charge is 0.326 e. The molecule has 0 fully saturated rings. The van der Waals surface area contributed by atoms with Gasteiger partial charge in [-0.1, -0.05) is 0 Å². The van der Waals surface area contributed by atoms with Gasteiger partial charge < -0.3 is 36.4 Å². The number of rotatable bonds is 11. The Morgan fingerprint density at radius 1 is 1.07 bits per heavy atom. The fourth-order valence-corrected chi connectivity index (χ4v) is 2.36. The molecular formula is C16H21N3O8S. The lowest BCUT2D eigenvalue weighted by atomic mass is 10.1. The second-order valence-electron chi connectivity index (χ2n) is 5.69. The lowest BCUT2D eigenvalue weighted by Gasteiger charge is -2.18. The van der Waals surface area contributed by atoms with E-state index in [1.54, 1.807) is 0 Å². The van der Waals surface area contributed by atoms with Gasteiger partial charge in [-0.2, -0.15) is 12.6 Å². The van der Waals surface area contributed by atoms with Gasteiger partial charge in [0.25, 0.3) is 0 Å². The van der Waals surface area contributed by atoms with Crippen molar-refractivity contribution in [2.24, 2.45) is 0 Å². The van der Waals surface area contributed by atoms with Gasteiger partial charge in [0.05, 0.1) is 5.69 Å². The summed E-state index contributed by atoms with van der Waals surface area (Å²) in [6.45, 7) is -0.614. The van der Waals surface area contributed by atoms with Gasteiger partial charge in [-0.15, -0.1) is 0 Å². The van der Waals surface area contributed by atoms with Crippen LogP contribution in [-0.4, -0.2) is 68.6 Å². The van der Waals surface area contributed by atoms with Gasteiger partial charge in [0, 0.05) is 18.2 Å². The summed E-state index contributed by atoms with van der Waals surface area (Å²) in [6, 6.07) is 1.19. The predicted octanol–water partition coefficient (Wildman–Crippen LogP) is -0.641. The maximum absolute atomic E-state index is 12.0. The third-order valence-corrected chi connectivity index (χ3v) is 3.88. The number of phenols is 2. The van der Waals surface area contributed by atoms with E-state index in [1.165, 1.54) is 12.1 Å². The van der Waals surface area contributed by atoms with Crippen molar-refractivity contribution in [3.63, 3.8) is 0 Å². The Kier molecular flexibility index (Phi) is 8.88. The molecule has 1 aromatic carbocycles. The van der Waals surface area contributed by atoms with Gasteiger partial charge in [0.1, 0.15) is 30.1 Å². The molecule has 0 aliphatic rings. The first-order chi connectivity index (χ1) is 13.1. The number of hydrogen-bond donors (Lipinski definition) is 8. The van der Waals surface area contributed by atoms with E-state index >= 15 is 0 Å². The van der Waals surface area contributed by atoms with Crippen LogP contribution in [0.15, 0.2) is 18.2 Å². The Balaban J connectivity index is 2.63. The zero-order chi connectivity index (χ0) is 21.3. The summed E-state index contributed by atoms with van der Waals surface area (Å²) in [6.07, 6.45) is -0.466. The molecule has 2 amide bonds. The van der Waals surface area contributed by atoms with Crippen molar-refractivity contribution >= 4 is 42.1 Å². The molecule has 28 heavy (non-hydrogen) atoms. The standard InChI is InChI=1S/C16H21N3O8S/c20-8-1-3-12(21)10(5-8)18-9(16(26)27)2-4-13(22)19-11(7-28)15(25)17-6-14(23)24/h1,3,5,9,11,18,20-21,28H,2,4,6-7H2,(H,17,25)(H,19,22)(H,23,24)(H,26,27)/t9-,11-/m0/s1. The zero-order valence-electron chi connectivity index (χ0n) is 14.6. The first-order valence-electron chi connectivity index (χ1n) is 8.05. The Morgan fingerprint density at radius 3 is 2.32 bits per heavy atom. The van der Waals surface area contributed by atoms with Crippen molar-refractivity contribution in [2.45, 2.75) is 24.9 Å². The van der Waals surface area contributed by atoms with E-state index in [9.17, 15) is 34.5 Å². The van der Waals surface area contributed by atoms with E-state index in [0.717, 1.165) is 6.07 Å². The SMILES string of the molecule is O=C(O)CNC(=O)[C@H](CS)NC(=O)CC[C@H](Nc1cc(O)ccc1O)C(=O)O. The highest BCUT2D eigenvalue weighted by molar-refractivity contribution is 7.80. The highest BCUT2D eigenvalue weighted by Gasteiger charge is 2.23. The number of carboxylic acids is 2. The number of amides is 2. The van der Waals surface area contributed by atoms with Gasteiger partial charge in [-0.25, -0.2) is 4.79 Å². The number of carbonyl (C=O) groups excluding carboxylic acids is 2. The Bertz CT molecular complexity index is 743. The number of anilines is 1. The summed E-state index contributed by atoms with van der Waals surface area (Å²) in [7, 11) is 0. The third-order valence-electron chi connectivity index (χ3n) is 3.52. The molecule has 0 heterocycles. The summed E-state index contributed by atoms with van der Waals surface area (Å²) in [5.74, 6) is -4.47. The molecule has 0 radical (unpaired) electrons. The largest absolute Gasteiger partial charge is 0.508 e. The molecule has 0 aliphatic carbocycles. The number of carboxylic acid groups (broad SMARTS) is 2. The van der Waals surface area contributed by atoms with Crippen molar-refractivity contribution in [2.75, 3.05) is 17.6 Å². The van der Waals surface area contributed by atoms with E-state index in [0.29, 0.717) is 0 Å². The summed E-state index contributed by atoms with van der Waals surface area (Å²) in [5.41, 5.74) is -0.0194. The second-order valence-corrected chi connectivity index (χ2v) is 6.05. The van der Waals surface area contributed by atoms with E-state index < -0.39 is 42.4 Å². The van der Waals surface area contributed by atoms with Gasteiger partial charge >= 0.3 is 11.9 Å². The van der Waals surface area contributed by atoms with Crippen LogP contribution in [0.3, 0.4) is 0 Å². The molecule has 0 aliphatic heterocycles. The zero-order valence-corrected chi connectivity index (χ0v) is 15.5. The van der Waals surface area contributed by atoms with Crippen molar-refractivity contribution in [3.05, 3.63) is 18.2 Å². The highest BCUT2D eigenvalue weighted by Crippen LogP contribution is 2.28.